The van der Waals surface area contributed by atoms with Crippen LogP contribution < -0.4 is 5.32 Å². The van der Waals surface area contributed by atoms with E-state index >= 15 is 0 Å². The van der Waals surface area contributed by atoms with Crippen molar-refractivity contribution in [2.24, 2.45) is 0 Å². The molecule has 5 heteroatoms. The van der Waals surface area contributed by atoms with Gasteiger partial charge in [-0.3, -0.25) is 0 Å². The number of anilines is 1. The maximum absolute atomic E-state index is 6.16. The van der Waals surface area contributed by atoms with Crippen LogP contribution in [0.1, 0.15) is 18.5 Å². The van der Waals surface area contributed by atoms with Crippen LogP contribution in [0.5, 0.6) is 0 Å². The summed E-state index contributed by atoms with van der Waals surface area (Å²) in [5.74, 6) is 0. The number of halogens is 4. The van der Waals surface area contributed by atoms with Crippen LogP contribution >= 0.6 is 46.4 Å². The molecule has 0 aliphatic rings. The van der Waals surface area contributed by atoms with Gasteiger partial charge < -0.3 is 5.32 Å². The molecule has 0 saturated heterocycles. The topological polar surface area (TPSA) is 12.0 Å². The van der Waals surface area contributed by atoms with E-state index in [1.54, 1.807) is 12.1 Å². The van der Waals surface area contributed by atoms with Gasteiger partial charge in [0.25, 0.3) is 0 Å². The monoisotopic (exact) mass is 333 g/mol. The minimum Gasteiger partial charge on any atom is -0.376 e. The molecule has 2 rings (SSSR count). The van der Waals surface area contributed by atoms with Gasteiger partial charge in [0.1, 0.15) is 0 Å². The summed E-state index contributed by atoms with van der Waals surface area (Å²) in [5, 5.41) is 5.42. The largest absolute Gasteiger partial charge is 0.376 e. The van der Waals surface area contributed by atoms with Crippen molar-refractivity contribution in [3.63, 3.8) is 0 Å². The van der Waals surface area contributed by atoms with Crippen LogP contribution in [0.4, 0.5) is 5.69 Å². The Balaban J connectivity index is 2.29. The Bertz CT molecular complexity index is 575. The molecule has 1 nitrogen and oxygen atoms in total. The van der Waals surface area contributed by atoms with Crippen LogP contribution in [-0.4, -0.2) is 0 Å². The van der Waals surface area contributed by atoms with E-state index in [4.69, 9.17) is 46.4 Å². The average Bonchev–Trinajstić information content (AvgIpc) is 2.34. The van der Waals surface area contributed by atoms with E-state index in [0.717, 1.165) is 5.56 Å². The van der Waals surface area contributed by atoms with E-state index in [-0.39, 0.29) is 6.04 Å². The Hall–Kier alpha value is -0.600. The van der Waals surface area contributed by atoms with Gasteiger partial charge in [-0.15, -0.1) is 0 Å². The Morgan fingerprint density at radius 2 is 1.47 bits per heavy atom. The van der Waals surface area contributed by atoms with Crippen molar-refractivity contribution in [1.29, 1.82) is 0 Å². The molecule has 1 unspecified atom stereocenters. The molecule has 0 aliphatic carbocycles. The molecule has 0 bridgehead atoms. The summed E-state index contributed by atoms with van der Waals surface area (Å²) in [7, 11) is 0. The van der Waals surface area contributed by atoms with Gasteiger partial charge in [0.05, 0.1) is 21.8 Å². The zero-order valence-electron chi connectivity index (χ0n) is 10.1. The van der Waals surface area contributed by atoms with Crippen molar-refractivity contribution in [3.05, 3.63) is 62.1 Å². The SMILES string of the molecule is CC(Nc1c(Cl)cc(Cl)cc1Cl)c1ccccc1Cl. The summed E-state index contributed by atoms with van der Waals surface area (Å²) in [5.41, 5.74) is 1.63. The fraction of sp³-hybridized carbons (Fsp3) is 0.143. The van der Waals surface area contributed by atoms with Crippen LogP contribution in [0.25, 0.3) is 0 Å². The molecule has 1 N–H and O–H groups in total. The quantitative estimate of drug-likeness (QED) is 0.677. The third-order valence-corrected chi connectivity index (χ3v) is 3.90. The van der Waals surface area contributed by atoms with Crippen LogP contribution in [-0.2, 0) is 0 Å². The van der Waals surface area contributed by atoms with E-state index in [2.05, 4.69) is 5.32 Å². The normalized spacial score (nSPS) is 12.3. The highest BCUT2D eigenvalue weighted by Gasteiger charge is 2.13. The molecule has 0 radical (unpaired) electrons. The van der Waals surface area contributed by atoms with Gasteiger partial charge in [-0.25, -0.2) is 0 Å². The van der Waals surface area contributed by atoms with Crippen LogP contribution in [0.3, 0.4) is 0 Å². The fourth-order valence-electron chi connectivity index (χ4n) is 1.80. The molecular formula is C14H11Cl4N. The molecule has 0 amide bonds. The molecular weight excluding hydrogens is 324 g/mol. The van der Waals surface area contributed by atoms with Crippen LogP contribution in [0, 0.1) is 0 Å². The third kappa shape index (κ3) is 3.49. The predicted octanol–water partition coefficient (Wildman–Crippen LogP) is 6.47. The predicted molar refractivity (Wildman–Crippen MR) is 85.0 cm³/mol. The number of hydrogen-bond acceptors (Lipinski definition) is 1. The van der Waals surface area contributed by atoms with E-state index < -0.39 is 0 Å². The third-order valence-electron chi connectivity index (χ3n) is 2.74. The first-order valence-corrected chi connectivity index (χ1v) is 7.15. The van der Waals surface area contributed by atoms with E-state index in [1.165, 1.54) is 0 Å². The van der Waals surface area contributed by atoms with E-state index in [9.17, 15) is 0 Å². The Labute approximate surface area is 132 Å². The summed E-state index contributed by atoms with van der Waals surface area (Å²) in [6.07, 6.45) is 0. The highest BCUT2D eigenvalue weighted by Crippen LogP contribution is 2.36. The minimum atomic E-state index is -0.0233. The molecule has 0 aliphatic heterocycles. The number of benzene rings is 2. The van der Waals surface area contributed by atoms with Crippen molar-refractivity contribution in [2.45, 2.75) is 13.0 Å². The average molecular weight is 335 g/mol. The Kier molecular flexibility index (Phi) is 4.86. The van der Waals surface area contributed by atoms with Gasteiger partial charge in [-0.1, -0.05) is 64.6 Å². The molecule has 0 heterocycles. The van der Waals surface area contributed by atoms with Crippen LogP contribution in [0.2, 0.25) is 20.1 Å². The molecule has 0 fully saturated rings. The fourth-order valence-corrected chi connectivity index (χ4v) is 3.03. The number of hydrogen-bond donors (Lipinski definition) is 1. The summed E-state index contributed by atoms with van der Waals surface area (Å²) in [6.45, 7) is 1.99. The van der Waals surface area contributed by atoms with Crippen molar-refractivity contribution in [2.75, 3.05) is 5.32 Å². The smallest absolute Gasteiger partial charge is 0.0724 e. The highest BCUT2D eigenvalue weighted by molar-refractivity contribution is 6.41. The van der Waals surface area contributed by atoms with Crippen molar-refractivity contribution in [3.8, 4) is 0 Å². The second-order valence-electron chi connectivity index (χ2n) is 4.13. The first-order chi connectivity index (χ1) is 8.99. The van der Waals surface area contributed by atoms with E-state index in [0.29, 0.717) is 25.8 Å². The lowest BCUT2D eigenvalue weighted by Gasteiger charge is -2.19. The molecule has 2 aromatic rings. The zero-order chi connectivity index (χ0) is 14.0. The maximum Gasteiger partial charge on any atom is 0.0724 e. The van der Waals surface area contributed by atoms with Gasteiger partial charge in [0.2, 0.25) is 0 Å². The van der Waals surface area contributed by atoms with Gasteiger partial charge in [-0.2, -0.15) is 0 Å². The standard InChI is InChI=1S/C14H11Cl4N/c1-8(10-4-2-3-5-11(10)16)19-14-12(17)6-9(15)7-13(14)18/h2-8,19H,1H3. The van der Waals surface area contributed by atoms with Crippen LogP contribution in [0.15, 0.2) is 36.4 Å². The lowest BCUT2D eigenvalue weighted by Crippen LogP contribution is -2.08. The first kappa shape index (κ1) is 14.8. The molecule has 1 atom stereocenters. The van der Waals surface area contributed by atoms with Gasteiger partial charge in [-0.05, 0) is 30.7 Å². The summed E-state index contributed by atoms with van der Waals surface area (Å²) in [4.78, 5) is 0. The van der Waals surface area contributed by atoms with Gasteiger partial charge >= 0.3 is 0 Å². The lowest BCUT2D eigenvalue weighted by molar-refractivity contribution is 0.885. The molecule has 100 valence electrons. The summed E-state index contributed by atoms with van der Waals surface area (Å²) < 4.78 is 0. The Morgan fingerprint density at radius 1 is 0.895 bits per heavy atom. The molecule has 2 aromatic carbocycles. The first-order valence-electron chi connectivity index (χ1n) is 5.64. The zero-order valence-corrected chi connectivity index (χ0v) is 13.1. The highest BCUT2D eigenvalue weighted by atomic mass is 35.5. The lowest BCUT2D eigenvalue weighted by atomic mass is 10.1. The Morgan fingerprint density at radius 3 is 2.05 bits per heavy atom. The second kappa shape index (κ2) is 6.23. The minimum absolute atomic E-state index is 0.0233. The van der Waals surface area contributed by atoms with Gasteiger partial charge in [0, 0.05) is 10.0 Å². The summed E-state index contributed by atoms with van der Waals surface area (Å²) >= 11 is 24.3. The summed E-state index contributed by atoms with van der Waals surface area (Å²) in [6, 6.07) is 10.9. The molecule has 19 heavy (non-hydrogen) atoms. The second-order valence-corrected chi connectivity index (χ2v) is 5.79. The molecule has 0 spiro atoms. The maximum atomic E-state index is 6.16. The number of rotatable bonds is 3. The van der Waals surface area contributed by atoms with Crippen molar-refractivity contribution >= 4 is 52.1 Å². The van der Waals surface area contributed by atoms with E-state index in [1.807, 2.05) is 31.2 Å². The number of nitrogens with one attached hydrogen (secondary N) is 1. The van der Waals surface area contributed by atoms with Crippen molar-refractivity contribution < 1.29 is 0 Å². The molecule has 0 saturated carbocycles. The van der Waals surface area contributed by atoms with Gasteiger partial charge in [0.15, 0.2) is 0 Å². The molecule has 0 aromatic heterocycles. The van der Waals surface area contributed by atoms with Crippen molar-refractivity contribution in [1.82, 2.24) is 0 Å².